The molecular weight excluding hydrogens is 225 g/mol. The second-order valence-electron chi connectivity index (χ2n) is 4.50. The molecule has 0 bridgehead atoms. The van der Waals surface area contributed by atoms with Crippen molar-refractivity contribution in [3.05, 3.63) is 65.5 Å². The van der Waals surface area contributed by atoms with Crippen LogP contribution in [0.2, 0.25) is 0 Å². The van der Waals surface area contributed by atoms with Crippen LogP contribution < -0.4 is 5.32 Å². The maximum atomic E-state index is 13.8. The van der Waals surface area contributed by atoms with E-state index in [-0.39, 0.29) is 11.9 Å². The molecule has 0 saturated carbocycles. The Labute approximate surface area is 108 Å². The Hall–Kier alpha value is -1.83. The van der Waals surface area contributed by atoms with Crippen LogP contribution in [0, 0.1) is 12.7 Å². The van der Waals surface area contributed by atoms with Gasteiger partial charge in [-0.3, -0.25) is 0 Å². The van der Waals surface area contributed by atoms with Crippen molar-refractivity contribution in [2.24, 2.45) is 0 Å². The van der Waals surface area contributed by atoms with E-state index >= 15 is 0 Å². The summed E-state index contributed by atoms with van der Waals surface area (Å²) in [6.45, 7) is 3.98. The Morgan fingerprint density at radius 2 is 1.83 bits per heavy atom. The summed E-state index contributed by atoms with van der Waals surface area (Å²) in [5.74, 6) is -0.190. The molecule has 0 radical (unpaired) electrons. The molecule has 1 nitrogen and oxygen atoms in total. The van der Waals surface area contributed by atoms with E-state index in [2.05, 4.69) is 24.4 Å². The average Bonchev–Trinajstić information content (AvgIpc) is 2.39. The number of hydrogen-bond acceptors (Lipinski definition) is 1. The lowest BCUT2D eigenvalue weighted by atomic mass is 10.0. The minimum atomic E-state index is -0.190. The van der Waals surface area contributed by atoms with Gasteiger partial charge in [0, 0.05) is 0 Å². The van der Waals surface area contributed by atoms with Crippen molar-refractivity contribution in [1.29, 1.82) is 0 Å². The highest BCUT2D eigenvalue weighted by Gasteiger charge is 2.10. The average molecular weight is 243 g/mol. The van der Waals surface area contributed by atoms with Gasteiger partial charge in [-0.2, -0.15) is 0 Å². The van der Waals surface area contributed by atoms with Crippen LogP contribution in [0.15, 0.2) is 48.5 Å². The van der Waals surface area contributed by atoms with Crippen molar-refractivity contribution in [3.63, 3.8) is 0 Å². The van der Waals surface area contributed by atoms with Crippen LogP contribution in [-0.2, 0) is 0 Å². The van der Waals surface area contributed by atoms with Crippen LogP contribution >= 0.6 is 0 Å². The van der Waals surface area contributed by atoms with Gasteiger partial charge in [0.25, 0.3) is 0 Å². The molecule has 2 heteroatoms. The highest BCUT2D eigenvalue weighted by molar-refractivity contribution is 5.48. The van der Waals surface area contributed by atoms with Crippen LogP contribution in [0.25, 0.3) is 0 Å². The Kier molecular flexibility index (Phi) is 3.98. The van der Waals surface area contributed by atoms with Gasteiger partial charge in [-0.1, -0.05) is 43.3 Å². The minimum absolute atomic E-state index is 0.142. The number of benzene rings is 2. The van der Waals surface area contributed by atoms with Gasteiger partial charge in [0.05, 0.1) is 11.7 Å². The summed E-state index contributed by atoms with van der Waals surface area (Å²) in [4.78, 5) is 0. The normalized spacial score (nSPS) is 12.2. The van der Waals surface area contributed by atoms with E-state index in [9.17, 15) is 4.39 Å². The molecule has 0 aliphatic rings. The number of anilines is 1. The second kappa shape index (κ2) is 5.67. The third kappa shape index (κ3) is 2.89. The van der Waals surface area contributed by atoms with Crippen molar-refractivity contribution in [2.75, 3.05) is 5.32 Å². The summed E-state index contributed by atoms with van der Waals surface area (Å²) < 4.78 is 13.8. The topological polar surface area (TPSA) is 12.0 Å². The van der Waals surface area contributed by atoms with Crippen LogP contribution in [0.3, 0.4) is 0 Å². The summed E-state index contributed by atoms with van der Waals surface area (Å²) in [6.07, 6.45) is 0.914. The Bertz CT molecular complexity index is 508. The molecule has 0 saturated heterocycles. The van der Waals surface area contributed by atoms with Crippen LogP contribution in [0.5, 0.6) is 0 Å². The molecule has 1 N–H and O–H groups in total. The Balaban J connectivity index is 2.21. The molecule has 2 rings (SSSR count). The fraction of sp³-hybridized carbons (Fsp3) is 0.250. The van der Waals surface area contributed by atoms with Gasteiger partial charge in [-0.25, -0.2) is 4.39 Å². The van der Waals surface area contributed by atoms with Crippen molar-refractivity contribution in [3.8, 4) is 0 Å². The largest absolute Gasteiger partial charge is 0.376 e. The second-order valence-corrected chi connectivity index (χ2v) is 4.50. The van der Waals surface area contributed by atoms with Crippen molar-refractivity contribution < 1.29 is 4.39 Å². The first kappa shape index (κ1) is 12.6. The predicted molar refractivity (Wildman–Crippen MR) is 74.2 cm³/mol. The van der Waals surface area contributed by atoms with E-state index in [0.29, 0.717) is 5.69 Å². The zero-order valence-electron chi connectivity index (χ0n) is 10.8. The third-order valence-corrected chi connectivity index (χ3v) is 3.06. The quantitative estimate of drug-likeness (QED) is 0.821. The standard InChI is InChI=1S/C16H18FN/c1-3-15(13-7-5-4-6-8-13)18-16-10-9-12(2)11-14(16)17/h4-11,15,18H,3H2,1-2H3. The van der Waals surface area contributed by atoms with E-state index in [1.165, 1.54) is 5.56 Å². The lowest BCUT2D eigenvalue weighted by Crippen LogP contribution is -2.10. The molecule has 0 aliphatic heterocycles. The SMILES string of the molecule is CCC(Nc1ccc(C)cc1F)c1ccccc1. The van der Waals surface area contributed by atoms with Gasteiger partial charge in [0.2, 0.25) is 0 Å². The molecule has 18 heavy (non-hydrogen) atoms. The summed E-state index contributed by atoms with van der Waals surface area (Å²) in [6, 6.07) is 15.5. The number of hydrogen-bond donors (Lipinski definition) is 1. The van der Waals surface area contributed by atoms with E-state index in [1.807, 2.05) is 31.2 Å². The van der Waals surface area contributed by atoms with Gasteiger partial charge in [0.1, 0.15) is 5.82 Å². The van der Waals surface area contributed by atoms with Crippen molar-refractivity contribution in [2.45, 2.75) is 26.3 Å². The van der Waals surface area contributed by atoms with Crippen molar-refractivity contribution >= 4 is 5.69 Å². The summed E-state index contributed by atoms with van der Waals surface area (Å²) in [5, 5.41) is 3.27. The van der Waals surface area contributed by atoms with E-state index in [4.69, 9.17) is 0 Å². The van der Waals surface area contributed by atoms with E-state index in [1.54, 1.807) is 12.1 Å². The van der Waals surface area contributed by atoms with Gasteiger partial charge < -0.3 is 5.32 Å². The van der Waals surface area contributed by atoms with Crippen LogP contribution in [-0.4, -0.2) is 0 Å². The molecule has 0 amide bonds. The zero-order chi connectivity index (χ0) is 13.0. The number of halogens is 1. The highest BCUT2D eigenvalue weighted by Crippen LogP contribution is 2.24. The maximum Gasteiger partial charge on any atom is 0.146 e. The van der Waals surface area contributed by atoms with Crippen LogP contribution in [0.4, 0.5) is 10.1 Å². The molecule has 1 atom stereocenters. The molecule has 2 aromatic carbocycles. The number of rotatable bonds is 4. The summed E-state index contributed by atoms with van der Waals surface area (Å²) >= 11 is 0. The van der Waals surface area contributed by atoms with E-state index < -0.39 is 0 Å². The fourth-order valence-electron chi connectivity index (χ4n) is 2.03. The Morgan fingerprint density at radius 3 is 2.44 bits per heavy atom. The zero-order valence-corrected chi connectivity index (χ0v) is 10.8. The molecule has 0 aromatic heterocycles. The fourth-order valence-corrected chi connectivity index (χ4v) is 2.03. The smallest absolute Gasteiger partial charge is 0.146 e. The number of aryl methyl sites for hydroxylation is 1. The summed E-state index contributed by atoms with van der Waals surface area (Å²) in [7, 11) is 0. The van der Waals surface area contributed by atoms with Crippen molar-refractivity contribution in [1.82, 2.24) is 0 Å². The molecule has 0 fully saturated rings. The molecule has 0 heterocycles. The highest BCUT2D eigenvalue weighted by atomic mass is 19.1. The first-order chi connectivity index (χ1) is 8.70. The monoisotopic (exact) mass is 243 g/mol. The third-order valence-electron chi connectivity index (χ3n) is 3.06. The van der Waals surface area contributed by atoms with Crippen LogP contribution in [0.1, 0.15) is 30.5 Å². The first-order valence-corrected chi connectivity index (χ1v) is 6.28. The maximum absolute atomic E-state index is 13.8. The molecule has 2 aromatic rings. The molecule has 0 aliphatic carbocycles. The van der Waals surface area contributed by atoms with E-state index in [0.717, 1.165) is 12.0 Å². The lowest BCUT2D eigenvalue weighted by molar-refractivity contribution is 0.622. The lowest BCUT2D eigenvalue weighted by Gasteiger charge is -2.19. The molecule has 0 spiro atoms. The first-order valence-electron chi connectivity index (χ1n) is 6.28. The minimum Gasteiger partial charge on any atom is -0.376 e. The Morgan fingerprint density at radius 1 is 1.11 bits per heavy atom. The molecule has 94 valence electrons. The summed E-state index contributed by atoms with van der Waals surface area (Å²) in [5.41, 5.74) is 2.68. The van der Waals surface area contributed by atoms with Gasteiger partial charge >= 0.3 is 0 Å². The van der Waals surface area contributed by atoms with Gasteiger partial charge in [-0.05, 0) is 36.6 Å². The van der Waals surface area contributed by atoms with Gasteiger partial charge in [-0.15, -0.1) is 0 Å². The number of nitrogens with one attached hydrogen (secondary N) is 1. The molecule has 1 unspecified atom stereocenters. The molecular formula is C16H18FN. The predicted octanol–water partition coefficient (Wildman–Crippen LogP) is 4.70. The van der Waals surface area contributed by atoms with Gasteiger partial charge in [0.15, 0.2) is 0 Å².